The van der Waals surface area contributed by atoms with Crippen molar-refractivity contribution >= 4 is 19.8 Å². The van der Waals surface area contributed by atoms with Gasteiger partial charge in [-0.15, -0.1) is 0 Å². The molecule has 0 aliphatic heterocycles. The fraction of sp³-hybridized carbons (Fsp3) is 0.957. The molecule has 58 heavy (non-hydrogen) atoms. The van der Waals surface area contributed by atoms with Gasteiger partial charge in [-0.1, -0.05) is 226 Å². The average molecular weight is 849 g/mol. The lowest BCUT2D eigenvalue weighted by Gasteiger charge is -2.20. The van der Waals surface area contributed by atoms with Gasteiger partial charge < -0.3 is 24.6 Å². The van der Waals surface area contributed by atoms with Gasteiger partial charge in [-0.25, -0.2) is 4.57 Å². The van der Waals surface area contributed by atoms with Crippen LogP contribution in [0.1, 0.15) is 251 Å². The minimum atomic E-state index is -4.61. The van der Waals surface area contributed by atoms with E-state index in [1.54, 1.807) is 0 Å². The molecule has 1 unspecified atom stereocenters. The van der Waals surface area contributed by atoms with E-state index in [1.807, 2.05) is 0 Å². The molecule has 3 N–H and O–H groups in total. The Morgan fingerprint density at radius 2 is 0.741 bits per heavy atom. The van der Waals surface area contributed by atoms with Crippen LogP contribution in [-0.4, -0.2) is 65.7 Å². The van der Waals surface area contributed by atoms with E-state index in [0.717, 1.165) is 32.1 Å². The predicted octanol–water partition coefficient (Wildman–Crippen LogP) is 13.4. The first kappa shape index (κ1) is 57.0. The Morgan fingerprint density at radius 3 is 1.07 bits per heavy atom. The lowest BCUT2D eigenvalue weighted by atomic mass is 10.0. The minimum absolute atomic E-state index is 0.192. The van der Waals surface area contributed by atoms with E-state index in [4.69, 9.17) is 23.6 Å². The van der Waals surface area contributed by atoms with Crippen LogP contribution >= 0.6 is 7.82 Å². The molecule has 0 heterocycles. The molecule has 0 amide bonds. The molecule has 0 saturated heterocycles. The second-order valence-corrected chi connectivity index (χ2v) is 18.3. The van der Waals surface area contributed by atoms with Gasteiger partial charge in [-0.2, -0.15) is 0 Å². The molecule has 0 aromatic rings. The molecule has 0 radical (unpaired) electrons. The van der Waals surface area contributed by atoms with Crippen LogP contribution in [0.3, 0.4) is 0 Å². The molecular weight excluding hydrogens is 755 g/mol. The summed E-state index contributed by atoms with van der Waals surface area (Å²) in [6.07, 6.45) is 42.2. The van der Waals surface area contributed by atoms with Crippen molar-refractivity contribution in [2.75, 3.05) is 26.4 Å². The summed E-state index contributed by atoms with van der Waals surface area (Å²) >= 11 is 0. The van der Waals surface area contributed by atoms with E-state index in [1.165, 1.54) is 180 Å². The second kappa shape index (κ2) is 44.0. The number of phosphoric acid groups is 1. The number of unbranched alkanes of at least 4 members (excludes halogenated alkanes) is 33. The summed E-state index contributed by atoms with van der Waals surface area (Å²) in [5.74, 6) is -0.907. The average Bonchev–Trinajstić information content (AvgIpc) is 3.21. The van der Waals surface area contributed by atoms with Crippen molar-refractivity contribution in [2.45, 2.75) is 264 Å². The zero-order chi connectivity index (χ0) is 42.6. The molecule has 11 heteroatoms. The van der Waals surface area contributed by atoms with Crippen molar-refractivity contribution in [2.24, 2.45) is 0 Å². The third kappa shape index (κ3) is 43.1. The molecule has 0 rings (SSSR count). The Morgan fingerprint density at radius 1 is 0.448 bits per heavy atom. The van der Waals surface area contributed by atoms with Gasteiger partial charge >= 0.3 is 19.8 Å². The lowest BCUT2D eigenvalue weighted by Crippen LogP contribution is -2.29. The number of esters is 2. The number of hydrogen-bond acceptors (Lipinski definition) is 9. The molecule has 10 nitrogen and oxygen atoms in total. The van der Waals surface area contributed by atoms with Gasteiger partial charge in [0.1, 0.15) is 12.7 Å². The number of carbonyl (C=O) groups excluding carboxylic acids is 2. The monoisotopic (exact) mass is 849 g/mol. The minimum Gasteiger partial charge on any atom is -0.462 e. The highest BCUT2D eigenvalue weighted by Gasteiger charge is 2.27. The standard InChI is InChI=1S/C47H93O10P/c1-3-5-7-9-11-13-15-17-18-19-20-21-22-23-24-25-26-27-29-30-32-34-36-38-46(50)54-42-45(43-56-58(52,53)55-41-44(49)40-48)57-47(51)39-37-35-33-31-28-16-14-12-10-8-6-4-2/h44-45,48-49H,3-43H2,1-2H3,(H,52,53)/t44-,45+/m1/s1. The maximum absolute atomic E-state index is 12.6. The first-order valence-electron chi connectivity index (χ1n) is 24.5. The molecule has 0 bridgehead atoms. The number of rotatable bonds is 47. The zero-order valence-corrected chi connectivity index (χ0v) is 38.7. The van der Waals surface area contributed by atoms with Crippen LogP contribution in [0, 0.1) is 0 Å². The van der Waals surface area contributed by atoms with E-state index in [0.29, 0.717) is 12.8 Å². The number of aliphatic hydroxyl groups excluding tert-OH is 2. The summed E-state index contributed by atoms with van der Waals surface area (Å²) in [7, 11) is -4.61. The maximum atomic E-state index is 12.6. The van der Waals surface area contributed by atoms with Crippen molar-refractivity contribution in [1.82, 2.24) is 0 Å². The van der Waals surface area contributed by atoms with Gasteiger partial charge in [0.25, 0.3) is 0 Å². The molecule has 0 aromatic heterocycles. The molecule has 0 aliphatic rings. The Labute approximate surface area is 356 Å². The topological polar surface area (TPSA) is 149 Å². The smallest absolute Gasteiger partial charge is 0.462 e. The van der Waals surface area contributed by atoms with Gasteiger partial charge in [-0.3, -0.25) is 18.6 Å². The number of carbonyl (C=O) groups is 2. The zero-order valence-electron chi connectivity index (χ0n) is 37.8. The van der Waals surface area contributed by atoms with Crippen LogP contribution in [0.25, 0.3) is 0 Å². The van der Waals surface area contributed by atoms with Gasteiger partial charge in [0.2, 0.25) is 0 Å². The van der Waals surface area contributed by atoms with E-state index >= 15 is 0 Å². The fourth-order valence-electron chi connectivity index (χ4n) is 7.23. The Balaban J connectivity index is 4.06. The highest BCUT2D eigenvalue weighted by atomic mass is 31.2. The second-order valence-electron chi connectivity index (χ2n) is 16.9. The summed E-state index contributed by atoms with van der Waals surface area (Å²) in [5.41, 5.74) is 0. The van der Waals surface area contributed by atoms with Crippen LogP contribution in [0.4, 0.5) is 0 Å². The van der Waals surface area contributed by atoms with Crippen molar-refractivity contribution < 1.29 is 47.8 Å². The third-order valence-corrected chi connectivity index (χ3v) is 12.0. The van der Waals surface area contributed by atoms with Crippen LogP contribution in [-0.2, 0) is 32.7 Å². The Kier molecular flexibility index (Phi) is 43.3. The lowest BCUT2D eigenvalue weighted by molar-refractivity contribution is -0.161. The van der Waals surface area contributed by atoms with Gasteiger partial charge in [-0.05, 0) is 12.8 Å². The summed E-state index contributed by atoms with van der Waals surface area (Å²) in [4.78, 5) is 35.0. The quantitative estimate of drug-likeness (QED) is 0.0307. The third-order valence-electron chi connectivity index (χ3n) is 11.0. The normalized spacial score (nSPS) is 13.7. The molecule has 0 fully saturated rings. The molecule has 0 aliphatic carbocycles. The van der Waals surface area contributed by atoms with Crippen molar-refractivity contribution in [1.29, 1.82) is 0 Å². The van der Waals surface area contributed by atoms with E-state index < -0.39 is 51.8 Å². The highest BCUT2D eigenvalue weighted by molar-refractivity contribution is 7.47. The summed E-state index contributed by atoms with van der Waals surface area (Å²) in [6, 6.07) is 0. The number of ether oxygens (including phenoxy) is 2. The van der Waals surface area contributed by atoms with Crippen LogP contribution < -0.4 is 0 Å². The number of phosphoric ester groups is 1. The first-order valence-corrected chi connectivity index (χ1v) is 26.0. The predicted molar refractivity (Wildman–Crippen MR) is 238 cm³/mol. The fourth-order valence-corrected chi connectivity index (χ4v) is 8.02. The molecule has 0 saturated carbocycles. The largest absolute Gasteiger partial charge is 0.472 e. The maximum Gasteiger partial charge on any atom is 0.472 e. The SMILES string of the molecule is CCCCCCCCCCCCCCCCCCCCCCCCCC(=O)OC[C@@H](COP(=O)(O)OC[C@H](O)CO)OC(=O)CCCCCCCCCCCCCC. The van der Waals surface area contributed by atoms with E-state index in [-0.39, 0.29) is 19.4 Å². The summed E-state index contributed by atoms with van der Waals surface area (Å²) in [5, 5.41) is 18.3. The molecule has 0 spiro atoms. The van der Waals surface area contributed by atoms with Crippen molar-refractivity contribution in [3.05, 3.63) is 0 Å². The highest BCUT2D eigenvalue weighted by Crippen LogP contribution is 2.43. The van der Waals surface area contributed by atoms with Gasteiger partial charge in [0, 0.05) is 12.8 Å². The Hall–Kier alpha value is -1.03. The molecule has 0 aromatic carbocycles. The first-order chi connectivity index (χ1) is 28.2. The Bertz CT molecular complexity index is 935. The van der Waals surface area contributed by atoms with Crippen LogP contribution in [0.15, 0.2) is 0 Å². The van der Waals surface area contributed by atoms with Crippen LogP contribution in [0.2, 0.25) is 0 Å². The molecule has 3 atom stereocenters. The molecule has 346 valence electrons. The van der Waals surface area contributed by atoms with Crippen molar-refractivity contribution in [3.8, 4) is 0 Å². The van der Waals surface area contributed by atoms with Gasteiger partial charge in [0.05, 0.1) is 19.8 Å². The van der Waals surface area contributed by atoms with Crippen molar-refractivity contribution in [3.63, 3.8) is 0 Å². The van der Waals surface area contributed by atoms with E-state index in [9.17, 15) is 24.2 Å². The van der Waals surface area contributed by atoms with E-state index in [2.05, 4.69) is 13.8 Å². The van der Waals surface area contributed by atoms with Crippen LogP contribution in [0.5, 0.6) is 0 Å². The molecular formula is C47H93O10P. The summed E-state index contributed by atoms with van der Waals surface area (Å²) < 4.78 is 32.8. The van der Waals surface area contributed by atoms with Gasteiger partial charge in [0.15, 0.2) is 6.10 Å². The number of hydrogen-bond donors (Lipinski definition) is 3. The number of aliphatic hydroxyl groups is 2. The summed E-state index contributed by atoms with van der Waals surface area (Å²) in [6.45, 7) is 2.43.